The summed E-state index contributed by atoms with van der Waals surface area (Å²) in [6, 6.07) is 5.83. The molecule has 0 saturated carbocycles. The topological polar surface area (TPSA) is 38.3 Å². The van der Waals surface area contributed by atoms with Gasteiger partial charge in [0.05, 0.1) is 18.7 Å². The van der Waals surface area contributed by atoms with Gasteiger partial charge >= 0.3 is 0 Å². The Bertz CT molecular complexity index is 409. The van der Waals surface area contributed by atoms with Gasteiger partial charge in [-0.1, -0.05) is 13.0 Å². The number of aryl methyl sites for hydroxylation is 1. The molecule has 1 aromatic rings. The van der Waals surface area contributed by atoms with Gasteiger partial charge in [0.1, 0.15) is 5.75 Å². The molecule has 0 radical (unpaired) electrons. The minimum atomic E-state index is -0.0315. The third kappa shape index (κ3) is 2.50. The highest BCUT2D eigenvalue weighted by atomic mass is 16.5. The van der Waals surface area contributed by atoms with Crippen LogP contribution in [0, 0.1) is 0 Å². The normalized spacial score (nSPS) is 19.3. The zero-order chi connectivity index (χ0) is 12.3. The zero-order valence-corrected chi connectivity index (χ0v) is 10.5. The summed E-state index contributed by atoms with van der Waals surface area (Å²) in [5.41, 5.74) is 1.89. The van der Waals surface area contributed by atoms with E-state index in [1.807, 2.05) is 18.2 Å². The molecule has 1 aliphatic heterocycles. The molecule has 0 bridgehead atoms. The molecule has 0 spiro atoms. The molecule has 1 heterocycles. The molecule has 1 saturated heterocycles. The summed E-state index contributed by atoms with van der Waals surface area (Å²) in [4.78, 5) is 12.4. The highest BCUT2D eigenvalue weighted by Crippen LogP contribution is 2.23. The molecule has 0 amide bonds. The van der Waals surface area contributed by atoms with Crippen molar-refractivity contribution in [2.75, 3.05) is 13.7 Å². The number of benzene rings is 1. The molecular weight excluding hydrogens is 214 g/mol. The van der Waals surface area contributed by atoms with Crippen molar-refractivity contribution >= 4 is 5.78 Å². The van der Waals surface area contributed by atoms with E-state index in [4.69, 9.17) is 4.74 Å². The van der Waals surface area contributed by atoms with E-state index in [2.05, 4.69) is 12.2 Å². The predicted molar refractivity (Wildman–Crippen MR) is 67.7 cm³/mol. The van der Waals surface area contributed by atoms with Crippen LogP contribution in [0.2, 0.25) is 0 Å². The van der Waals surface area contributed by atoms with E-state index in [-0.39, 0.29) is 11.8 Å². The monoisotopic (exact) mass is 233 g/mol. The van der Waals surface area contributed by atoms with Crippen molar-refractivity contribution in [2.45, 2.75) is 32.2 Å². The molecule has 1 atom stereocenters. The third-order valence-corrected chi connectivity index (χ3v) is 3.31. The fourth-order valence-electron chi connectivity index (χ4n) is 2.26. The molecule has 1 fully saturated rings. The van der Waals surface area contributed by atoms with Gasteiger partial charge in [0.2, 0.25) is 0 Å². The maximum absolute atomic E-state index is 12.4. The van der Waals surface area contributed by atoms with Crippen LogP contribution in [0.3, 0.4) is 0 Å². The van der Waals surface area contributed by atoms with Gasteiger partial charge in [0.25, 0.3) is 0 Å². The molecule has 1 unspecified atom stereocenters. The first-order valence-corrected chi connectivity index (χ1v) is 6.20. The van der Waals surface area contributed by atoms with Crippen LogP contribution in [0.15, 0.2) is 18.2 Å². The zero-order valence-electron chi connectivity index (χ0n) is 10.5. The van der Waals surface area contributed by atoms with Crippen molar-refractivity contribution in [3.63, 3.8) is 0 Å². The number of ether oxygens (including phenoxy) is 1. The van der Waals surface area contributed by atoms with E-state index < -0.39 is 0 Å². The van der Waals surface area contributed by atoms with Gasteiger partial charge in [-0.05, 0) is 43.5 Å². The quantitative estimate of drug-likeness (QED) is 0.810. The predicted octanol–water partition coefficient (Wildman–Crippen LogP) is 2.19. The van der Waals surface area contributed by atoms with E-state index >= 15 is 0 Å². The Kier molecular flexibility index (Phi) is 3.79. The van der Waals surface area contributed by atoms with Crippen molar-refractivity contribution in [2.24, 2.45) is 0 Å². The number of carbonyl (C=O) groups is 1. The number of hydrogen-bond acceptors (Lipinski definition) is 3. The Morgan fingerprint density at radius 1 is 1.53 bits per heavy atom. The van der Waals surface area contributed by atoms with E-state index in [1.165, 1.54) is 5.56 Å². The van der Waals surface area contributed by atoms with Crippen LogP contribution in [-0.2, 0) is 6.42 Å². The number of Topliss-reactive ketones (excluding diaryl/α,β-unsaturated/α-hetero) is 1. The summed E-state index contributed by atoms with van der Waals surface area (Å²) < 4.78 is 5.28. The summed E-state index contributed by atoms with van der Waals surface area (Å²) in [7, 11) is 1.61. The summed E-state index contributed by atoms with van der Waals surface area (Å²) in [6.07, 6.45) is 2.94. The summed E-state index contributed by atoms with van der Waals surface area (Å²) in [6.45, 7) is 3.02. The summed E-state index contributed by atoms with van der Waals surface area (Å²) in [5, 5.41) is 3.24. The van der Waals surface area contributed by atoms with E-state index in [0.29, 0.717) is 11.3 Å². The maximum Gasteiger partial charge on any atom is 0.183 e. The Morgan fingerprint density at radius 3 is 2.94 bits per heavy atom. The maximum atomic E-state index is 12.4. The third-order valence-electron chi connectivity index (χ3n) is 3.31. The second kappa shape index (κ2) is 5.32. The molecule has 2 rings (SSSR count). The first-order valence-electron chi connectivity index (χ1n) is 6.20. The van der Waals surface area contributed by atoms with E-state index in [1.54, 1.807) is 7.11 Å². The Balaban J connectivity index is 2.30. The molecule has 17 heavy (non-hydrogen) atoms. The fraction of sp³-hybridized carbons (Fsp3) is 0.500. The van der Waals surface area contributed by atoms with E-state index in [9.17, 15) is 4.79 Å². The van der Waals surface area contributed by atoms with Crippen LogP contribution in [0.5, 0.6) is 5.75 Å². The molecular formula is C14H19NO2. The average Bonchev–Trinajstić information content (AvgIpc) is 2.91. The van der Waals surface area contributed by atoms with Crippen molar-refractivity contribution in [3.05, 3.63) is 29.3 Å². The van der Waals surface area contributed by atoms with Gasteiger partial charge < -0.3 is 10.1 Å². The molecule has 3 nitrogen and oxygen atoms in total. The number of hydrogen-bond donors (Lipinski definition) is 1. The number of rotatable bonds is 4. The van der Waals surface area contributed by atoms with Gasteiger partial charge in [0.15, 0.2) is 5.78 Å². The molecule has 1 N–H and O–H groups in total. The Hall–Kier alpha value is -1.35. The highest BCUT2D eigenvalue weighted by Gasteiger charge is 2.25. The van der Waals surface area contributed by atoms with Crippen LogP contribution in [0.1, 0.15) is 35.7 Å². The smallest absolute Gasteiger partial charge is 0.183 e. The van der Waals surface area contributed by atoms with E-state index in [0.717, 1.165) is 25.8 Å². The summed E-state index contributed by atoms with van der Waals surface area (Å²) >= 11 is 0. The summed E-state index contributed by atoms with van der Waals surface area (Å²) in [5.74, 6) is 0.843. The van der Waals surface area contributed by atoms with Crippen molar-refractivity contribution < 1.29 is 9.53 Å². The van der Waals surface area contributed by atoms with Gasteiger partial charge in [-0.25, -0.2) is 0 Å². The van der Waals surface area contributed by atoms with Crippen molar-refractivity contribution in [3.8, 4) is 5.75 Å². The van der Waals surface area contributed by atoms with Crippen LogP contribution in [0.25, 0.3) is 0 Å². The second-order valence-electron chi connectivity index (χ2n) is 4.40. The average molecular weight is 233 g/mol. The van der Waals surface area contributed by atoms with Gasteiger partial charge in [-0.15, -0.1) is 0 Å². The van der Waals surface area contributed by atoms with Gasteiger partial charge in [-0.3, -0.25) is 4.79 Å². The minimum Gasteiger partial charge on any atom is -0.496 e. The van der Waals surface area contributed by atoms with Gasteiger partial charge in [-0.2, -0.15) is 0 Å². The second-order valence-corrected chi connectivity index (χ2v) is 4.40. The number of methoxy groups -OCH3 is 1. The molecule has 1 aliphatic rings. The molecule has 1 aromatic carbocycles. The molecule has 3 heteroatoms. The SMILES string of the molecule is CCc1ccc(OC)c(C(=O)C2CCCN2)c1. The van der Waals surface area contributed by atoms with Crippen LogP contribution < -0.4 is 10.1 Å². The van der Waals surface area contributed by atoms with Crippen LogP contribution in [0.4, 0.5) is 0 Å². The van der Waals surface area contributed by atoms with Crippen LogP contribution >= 0.6 is 0 Å². The van der Waals surface area contributed by atoms with Crippen molar-refractivity contribution in [1.82, 2.24) is 5.32 Å². The molecule has 0 aromatic heterocycles. The lowest BCUT2D eigenvalue weighted by Gasteiger charge is -2.13. The molecule has 92 valence electrons. The number of ketones is 1. The molecule has 0 aliphatic carbocycles. The van der Waals surface area contributed by atoms with Gasteiger partial charge in [0, 0.05) is 0 Å². The largest absolute Gasteiger partial charge is 0.496 e. The van der Waals surface area contributed by atoms with Crippen LogP contribution in [-0.4, -0.2) is 25.5 Å². The Morgan fingerprint density at radius 2 is 2.35 bits per heavy atom. The Labute approximate surface area is 102 Å². The lowest BCUT2D eigenvalue weighted by Crippen LogP contribution is -2.31. The van der Waals surface area contributed by atoms with Crippen molar-refractivity contribution in [1.29, 1.82) is 0 Å². The standard InChI is InChI=1S/C14H19NO2/c1-3-10-6-7-13(17-2)11(9-10)14(16)12-5-4-8-15-12/h6-7,9,12,15H,3-5,8H2,1-2H3. The number of nitrogens with one attached hydrogen (secondary N) is 1. The minimum absolute atomic E-state index is 0.0315. The highest BCUT2D eigenvalue weighted by molar-refractivity contribution is 6.02. The lowest BCUT2D eigenvalue weighted by molar-refractivity contribution is 0.0949. The first kappa shape index (κ1) is 12.1. The number of carbonyl (C=O) groups excluding carboxylic acids is 1. The fourth-order valence-corrected chi connectivity index (χ4v) is 2.26. The first-order chi connectivity index (χ1) is 8.26. The lowest BCUT2D eigenvalue weighted by atomic mass is 9.99.